The maximum Gasteiger partial charge on any atom is 0.157 e. The Kier molecular flexibility index (Phi) is 3.37. The predicted molar refractivity (Wildman–Crippen MR) is 90.5 cm³/mol. The summed E-state index contributed by atoms with van der Waals surface area (Å²) in [5.41, 5.74) is 2.02. The van der Waals surface area contributed by atoms with Crippen molar-refractivity contribution in [2.45, 2.75) is 43.4 Å². The van der Waals surface area contributed by atoms with Crippen molar-refractivity contribution in [2.24, 2.45) is 5.92 Å². The largest absolute Gasteiger partial charge is 0.504 e. The molecule has 2 aromatic carbocycles. The van der Waals surface area contributed by atoms with Crippen LogP contribution in [0.15, 0.2) is 36.4 Å². The number of fused-ring (bicyclic) bond motifs is 1. The molecular formula is C20H22O4. The highest BCUT2D eigenvalue weighted by molar-refractivity contribution is 5.49. The van der Waals surface area contributed by atoms with Gasteiger partial charge in [-0.1, -0.05) is 18.6 Å². The molecule has 0 spiro atoms. The lowest BCUT2D eigenvalue weighted by Crippen LogP contribution is -2.31. The van der Waals surface area contributed by atoms with Gasteiger partial charge in [0.1, 0.15) is 0 Å². The molecule has 0 aliphatic heterocycles. The van der Waals surface area contributed by atoms with Crippen LogP contribution in [0.2, 0.25) is 0 Å². The highest BCUT2D eigenvalue weighted by atomic mass is 16.3. The Labute approximate surface area is 141 Å². The van der Waals surface area contributed by atoms with E-state index in [1.165, 1.54) is 6.42 Å². The van der Waals surface area contributed by atoms with E-state index in [0.29, 0.717) is 5.92 Å². The quantitative estimate of drug-likeness (QED) is 0.626. The molecule has 24 heavy (non-hydrogen) atoms. The second-order valence-corrected chi connectivity index (χ2v) is 7.21. The summed E-state index contributed by atoms with van der Waals surface area (Å²) < 4.78 is 0. The molecule has 0 bridgehead atoms. The molecule has 126 valence electrons. The van der Waals surface area contributed by atoms with Gasteiger partial charge in [0, 0.05) is 5.41 Å². The second-order valence-electron chi connectivity index (χ2n) is 7.21. The number of rotatable bonds is 2. The van der Waals surface area contributed by atoms with Crippen LogP contribution in [0.5, 0.6) is 23.0 Å². The van der Waals surface area contributed by atoms with Gasteiger partial charge in [-0.15, -0.1) is 0 Å². The molecule has 0 heterocycles. The van der Waals surface area contributed by atoms with Gasteiger partial charge in [-0.25, -0.2) is 0 Å². The van der Waals surface area contributed by atoms with Crippen molar-refractivity contribution in [1.29, 1.82) is 0 Å². The van der Waals surface area contributed by atoms with Gasteiger partial charge in [0.25, 0.3) is 0 Å². The van der Waals surface area contributed by atoms with Crippen molar-refractivity contribution in [3.8, 4) is 23.0 Å². The molecule has 4 rings (SSSR count). The Morgan fingerprint density at radius 3 is 2.17 bits per heavy atom. The van der Waals surface area contributed by atoms with Crippen LogP contribution in [0.25, 0.3) is 0 Å². The minimum Gasteiger partial charge on any atom is -0.504 e. The van der Waals surface area contributed by atoms with E-state index < -0.39 is 0 Å². The zero-order chi connectivity index (χ0) is 16.9. The maximum atomic E-state index is 9.99. The van der Waals surface area contributed by atoms with Crippen LogP contribution in [0.1, 0.15) is 49.1 Å². The minimum atomic E-state index is -0.101. The van der Waals surface area contributed by atoms with Gasteiger partial charge in [0.2, 0.25) is 0 Å². The van der Waals surface area contributed by atoms with Crippen molar-refractivity contribution < 1.29 is 20.4 Å². The first-order valence-corrected chi connectivity index (χ1v) is 8.56. The average Bonchev–Trinajstić information content (AvgIpc) is 3.12. The Hall–Kier alpha value is -2.36. The number of phenolic OH excluding ortho intramolecular Hbond substituents is 4. The first-order chi connectivity index (χ1) is 11.5. The summed E-state index contributed by atoms with van der Waals surface area (Å²) >= 11 is 0. The molecule has 2 saturated carbocycles. The molecule has 3 unspecified atom stereocenters. The molecule has 3 atom stereocenters. The smallest absolute Gasteiger partial charge is 0.157 e. The van der Waals surface area contributed by atoms with E-state index in [-0.39, 0.29) is 34.3 Å². The Bertz CT molecular complexity index is 785. The lowest BCUT2D eigenvalue weighted by molar-refractivity contribution is 0.329. The normalized spacial score (nSPS) is 28.8. The topological polar surface area (TPSA) is 80.9 Å². The van der Waals surface area contributed by atoms with Gasteiger partial charge in [-0.2, -0.15) is 0 Å². The number of hydrogen-bond acceptors (Lipinski definition) is 4. The Balaban J connectivity index is 1.84. The van der Waals surface area contributed by atoms with Crippen LogP contribution < -0.4 is 0 Å². The third-order valence-electron chi connectivity index (χ3n) is 6.21. The third kappa shape index (κ3) is 2.05. The molecule has 2 aromatic rings. The summed E-state index contributed by atoms with van der Waals surface area (Å²) in [5.74, 6) is 0.421. The highest BCUT2D eigenvalue weighted by Gasteiger charge is 2.54. The first-order valence-electron chi connectivity index (χ1n) is 8.56. The summed E-state index contributed by atoms with van der Waals surface area (Å²) in [7, 11) is 0. The molecule has 2 aliphatic carbocycles. The second kappa shape index (κ2) is 5.33. The fourth-order valence-corrected chi connectivity index (χ4v) is 5.20. The summed E-state index contributed by atoms with van der Waals surface area (Å²) in [6.07, 6.45) is 5.49. The SMILES string of the molecule is Oc1ccc(C2CCC3CCCC32c2ccc(O)c(O)c2)cc1O. The van der Waals surface area contributed by atoms with Gasteiger partial charge >= 0.3 is 0 Å². The van der Waals surface area contributed by atoms with Crippen molar-refractivity contribution in [2.75, 3.05) is 0 Å². The summed E-state index contributed by atoms with van der Waals surface area (Å²) in [5, 5.41) is 39.2. The molecule has 0 saturated heterocycles. The van der Waals surface area contributed by atoms with Gasteiger partial charge in [-0.05, 0) is 72.9 Å². The monoisotopic (exact) mass is 326 g/mol. The van der Waals surface area contributed by atoms with Gasteiger partial charge < -0.3 is 20.4 Å². The van der Waals surface area contributed by atoms with E-state index in [9.17, 15) is 20.4 Å². The molecule has 4 N–H and O–H groups in total. The lowest BCUT2D eigenvalue weighted by Gasteiger charge is -2.37. The molecule has 2 fully saturated rings. The van der Waals surface area contributed by atoms with Crippen LogP contribution in [-0.2, 0) is 5.41 Å². The third-order valence-corrected chi connectivity index (χ3v) is 6.21. The summed E-state index contributed by atoms with van der Waals surface area (Å²) in [6.45, 7) is 0. The van der Waals surface area contributed by atoms with Gasteiger partial charge in [-0.3, -0.25) is 0 Å². The molecule has 0 radical (unpaired) electrons. The lowest BCUT2D eigenvalue weighted by atomic mass is 9.66. The number of aromatic hydroxyl groups is 4. The van der Waals surface area contributed by atoms with Gasteiger partial charge in [0.05, 0.1) is 0 Å². The van der Waals surface area contributed by atoms with Crippen LogP contribution in [0, 0.1) is 5.92 Å². The fourth-order valence-electron chi connectivity index (χ4n) is 5.20. The number of phenols is 4. The Morgan fingerprint density at radius 2 is 1.46 bits per heavy atom. The van der Waals surface area contributed by atoms with E-state index in [4.69, 9.17) is 0 Å². The first kappa shape index (κ1) is 15.2. The molecule has 0 aromatic heterocycles. The van der Waals surface area contributed by atoms with E-state index >= 15 is 0 Å². The van der Waals surface area contributed by atoms with Crippen LogP contribution in [-0.4, -0.2) is 20.4 Å². The van der Waals surface area contributed by atoms with E-state index in [0.717, 1.165) is 36.8 Å². The Morgan fingerprint density at radius 1 is 0.750 bits per heavy atom. The van der Waals surface area contributed by atoms with Gasteiger partial charge in [0.15, 0.2) is 23.0 Å². The molecule has 0 amide bonds. The van der Waals surface area contributed by atoms with Crippen LogP contribution >= 0.6 is 0 Å². The summed E-state index contributed by atoms with van der Waals surface area (Å²) in [6, 6.07) is 10.3. The van der Waals surface area contributed by atoms with Crippen molar-refractivity contribution in [3.05, 3.63) is 47.5 Å². The van der Waals surface area contributed by atoms with E-state index in [2.05, 4.69) is 0 Å². The number of benzene rings is 2. The number of hydrogen-bond donors (Lipinski definition) is 4. The zero-order valence-electron chi connectivity index (χ0n) is 13.4. The maximum absolute atomic E-state index is 9.99. The molecule has 2 aliphatic rings. The molecule has 4 heteroatoms. The average molecular weight is 326 g/mol. The standard InChI is InChI=1S/C20H22O4/c21-16-7-3-12(10-18(16)23)15-6-4-13-2-1-9-20(13,15)14-5-8-17(22)19(24)11-14/h3,5,7-8,10-11,13,15,21-24H,1-2,4,6,9H2. The molecular weight excluding hydrogens is 304 g/mol. The zero-order valence-corrected chi connectivity index (χ0v) is 13.4. The molecule has 4 nitrogen and oxygen atoms in total. The summed E-state index contributed by atoms with van der Waals surface area (Å²) in [4.78, 5) is 0. The fraction of sp³-hybridized carbons (Fsp3) is 0.400. The van der Waals surface area contributed by atoms with Crippen molar-refractivity contribution in [1.82, 2.24) is 0 Å². The van der Waals surface area contributed by atoms with Crippen molar-refractivity contribution in [3.63, 3.8) is 0 Å². The van der Waals surface area contributed by atoms with Crippen LogP contribution in [0.4, 0.5) is 0 Å². The predicted octanol–water partition coefficient (Wildman–Crippen LogP) is 4.12. The van der Waals surface area contributed by atoms with Crippen LogP contribution in [0.3, 0.4) is 0 Å². The van der Waals surface area contributed by atoms with E-state index in [1.54, 1.807) is 24.3 Å². The highest BCUT2D eigenvalue weighted by Crippen LogP contribution is 2.62. The van der Waals surface area contributed by atoms with E-state index in [1.807, 2.05) is 12.1 Å². The van der Waals surface area contributed by atoms with Crippen molar-refractivity contribution >= 4 is 0 Å². The minimum absolute atomic E-state index is 0.0748.